The van der Waals surface area contributed by atoms with E-state index in [0.717, 1.165) is 12.1 Å². The van der Waals surface area contributed by atoms with Crippen LogP contribution in [-0.2, 0) is 14.8 Å². The largest absolute Gasteiger partial charge is 0.396 e. The standard InChI is InChI=1S/C12H18FN3O3S/c1-8-6-9(13)10(14)7-11(8)20(18,19)15-5-4-12(17)16(2)3/h6-7,15H,4-5,14H2,1-3H3. The number of halogens is 1. The first-order valence-corrected chi connectivity index (χ1v) is 7.39. The maximum absolute atomic E-state index is 13.2. The number of carbonyl (C=O) groups excluding carboxylic acids is 1. The maximum atomic E-state index is 13.2. The second-order valence-corrected chi connectivity index (χ2v) is 6.31. The third-order valence-electron chi connectivity index (χ3n) is 2.71. The van der Waals surface area contributed by atoms with Crippen LogP contribution in [0.2, 0.25) is 0 Å². The second kappa shape index (κ2) is 6.19. The van der Waals surface area contributed by atoms with Gasteiger partial charge in [0.15, 0.2) is 0 Å². The summed E-state index contributed by atoms with van der Waals surface area (Å²) in [7, 11) is -0.649. The second-order valence-electron chi connectivity index (χ2n) is 4.58. The van der Waals surface area contributed by atoms with E-state index in [0.29, 0.717) is 0 Å². The van der Waals surface area contributed by atoms with E-state index in [2.05, 4.69) is 4.72 Å². The maximum Gasteiger partial charge on any atom is 0.240 e. The molecule has 0 bridgehead atoms. The highest BCUT2D eigenvalue weighted by molar-refractivity contribution is 7.89. The highest BCUT2D eigenvalue weighted by Gasteiger charge is 2.19. The molecule has 0 spiro atoms. The average Bonchev–Trinajstić information content (AvgIpc) is 2.33. The minimum atomic E-state index is -3.82. The molecular weight excluding hydrogens is 285 g/mol. The molecule has 0 unspecified atom stereocenters. The van der Waals surface area contributed by atoms with Crippen molar-refractivity contribution < 1.29 is 17.6 Å². The van der Waals surface area contributed by atoms with Crippen LogP contribution in [0.25, 0.3) is 0 Å². The molecule has 0 aliphatic heterocycles. The predicted octanol–water partition coefficient (Wildman–Crippen LogP) is 0.473. The molecular formula is C12H18FN3O3S. The van der Waals surface area contributed by atoms with Crippen LogP contribution >= 0.6 is 0 Å². The molecule has 20 heavy (non-hydrogen) atoms. The fourth-order valence-electron chi connectivity index (χ4n) is 1.55. The van der Waals surface area contributed by atoms with E-state index in [9.17, 15) is 17.6 Å². The van der Waals surface area contributed by atoms with Gasteiger partial charge < -0.3 is 10.6 Å². The van der Waals surface area contributed by atoms with Crippen molar-refractivity contribution in [3.63, 3.8) is 0 Å². The van der Waals surface area contributed by atoms with Crippen molar-refractivity contribution in [1.82, 2.24) is 9.62 Å². The third-order valence-corrected chi connectivity index (χ3v) is 4.32. The van der Waals surface area contributed by atoms with Crippen LogP contribution in [0.5, 0.6) is 0 Å². The van der Waals surface area contributed by atoms with Crippen LogP contribution in [0.15, 0.2) is 17.0 Å². The van der Waals surface area contributed by atoms with E-state index in [-0.39, 0.29) is 35.0 Å². The molecule has 3 N–H and O–H groups in total. The van der Waals surface area contributed by atoms with Crippen LogP contribution in [0.1, 0.15) is 12.0 Å². The topological polar surface area (TPSA) is 92.5 Å². The summed E-state index contributed by atoms with van der Waals surface area (Å²) >= 11 is 0. The quantitative estimate of drug-likeness (QED) is 0.774. The molecule has 1 aromatic rings. The number of rotatable bonds is 5. The minimum absolute atomic E-state index is 0.0317. The number of amides is 1. The Kier molecular flexibility index (Phi) is 5.07. The Balaban J connectivity index is 2.85. The van der Waals surface area contributed by atoms with Crippen molar-refractivity contribution >= 4 is 21.6 Å². The monoisotopic (exact) mass is 303 g/mol. The van der Waals surface area contributed by atoms with Crippen molar-refractivity contribution in [3.8, 4) is 0 Å². The summed E-state index contributed by atoms with van der Waals surface area (Å²) in [4.78, 5) is 12.6. The number of hydrogen-bond acceptors (Lipinski definition) is 4. The molecule has 1 rings (SSSR count). The number of anilines is 1. The fraction of sp³-hybridized carbons (Fsp3) is 0.417. The molecule has 0 saturated carbocycles. The average molecular weight is 303 g/mol. The molecule has 0 aromatic heterocycles. The summed E-state index contributed by atoms with van der Waals surface area (Å²) < 4.78 is 39.6. The van der Waals surface area contributed by atoms with Gasteiger partial charge >= 0.3 is 0 Å². The molecule has 0 aliphatic carbocycles. The lowest BCUT2D eigenvalue weighted by molar-refractivity contribution is -0.128. The Hall–Kier alpha value is -1.67. The van der Waals surface area contributed by atoms with Crippen LogP contribution in [0.4, 0.5) is 10.1 Å². The van der Waals surface area contributed by atoms with Crippen LogP contribution in [0.3, 0.4) is 0 Å². The highest BCUT2D eigenvalue weighted by Crippen LogP contribution is 2.21. The first-order valence-electron chi connectivity index (χ1n) is 5.90. The number of nitrogens with zero attached hydrogens (tertiary/aromatic N) is 1. The highest BCUT2D eigenvalue weighted by atomic mass is 32.2. The van der Waals surface area contributed by atoms with Gasteiger partial charge in [0.2, 0.25) is 15.9 Å². The number of benzene rings is 1. The van der Waals surface area contributed by atoms with Crippen molar-refractivity contribution in [2.24, 2.45) is 0 Å². The van der Waals surface area contributed by atoms with Gasteiger partial charge in [0.25, 0.3) is 0 Å². The number of nitrogens with one attached hydrogen (secondary N) is 1. The SMILES string of the molecule is Cc1cc(F)c(N)cc1S(=O)(=O)NCCC(=O)N(C)C. The van der Waals surface area contributed by atoms with Gasteiger partial charge in [-0.3, -0.25) is 4.79 Å². The number of nitrogen functional groups attached to an aromatic ring is 1. The number of hydrogen-bond donors (Lipinski definition) is 2. The zero-order valence-corrected chi connectivity index (χ0v) is 12.4. The summed E-state index contributed by atoms with van der Waals surface area (Å²) in [5.41, 5.74) is 5.39. The van der Waals surface area contributed by atoms with Crippen molar-refractivity contribution in [1.29, 1.82) is 0 Å². The first-order chi connectivity index (χ1) is 9.15. The van der Waals surface area contributed by atoms with Crippen molar-refractivity contribution in [2.75, 3.05) is 26.4 Å². The lowest BCUT2D eigenvalue weighted by Gasteiger charge is -2.12. The molecule has 1 amide bonds. The van der Waals surface area contributed by atoms with E-state index in [4.69, 9.17) is 5.73 Å². The zero-order valence-electron chi connectivity index (χ0n) is 11.6. The Morgan fingerprint density at radius 3 is 2.55 bits per heavy atom. The van der Waals surface area contributed by atoms with Crippen molar-refractivity contribution in [3.05, 3.63) is 23.5 Å². The van der Waals surface area contributed by atoms with Gasteiger partial charge in [-0.15, -0.1) is 0 Å². The van der Waals surface area contributed by atoms with E-state index in [1.165, 1.54) is 11.8 Å². The van der Waals surface area contributed by atoms with Gasteiger partial charge in [-0.25, -0.2) is 17.5 Å². The molecule has 112 valence electrons. The van der Waals surface area contributed by atoms with E-state index >= 15 is 0 Å². The summed E-state index contributed by atoms with van der Waals surface area (Å²) in [6.07, 6.45) is 0.0436. The van der Waals surface area contributed by atoms with E-state index < -0.39 is 15.8 Å². The smallest absolute Gasteiger partial charge is 0.240 e. The molecule has 1 aromatic carbocycles. The zero-order chi connectivity index (χ0) is 15.5. The van der Waals surface area contributed by atoms with Gasteiger partial charge in [0, 0.05) is 27.1 Å². The molecule has 0 fully saturated rings. The molecule has 8 heteroatoms. The Morgan fingerprint density at radius 1 is 1.40 bits per heavy atom. The van der Waals surface area contributed by atoms with Gasteiger partial charge in [0.1, 0.15) is 5.82 Å². The Morgan fingerprint density at radius 2 is 2.00 bits per heavy atom. The van der Waals surface area contributed by atoms with Crippen LogP contribution < -0.4 is 10.5 Å². The summed E-state index contributed by atoms with van der Waals surface area (Å²) in [6.45, 7) is 1.44. The Bertz CT molecular complexity index is 615. The fourth-order valence-corrected chi connectivity index (χ4v) is 2.84. The molecule has 0 heterocycles. The summed E-state index contributed by atoms with van der Waals surface area (Å²) in [5, 5.41) is 0. The number of aryl methyl sites for hydroxylation is 1. The minimum Gasteiger partial charge on any atom is -0.396 e. The first kappa shape index (κ1) is 16.4. The summed E-state index contributed by atoms with van der Waals surface area (Å²) in [6, 6.07) is 2.13. The number of sulfonamides is 1. The van der Waals surface area contributed by atoms with Crippen molar-refractivity contribution in [2.45, 2.75) is 18.2 Å². The number of nitrogens with two attached hydrogens (primary N) is 1. The normalized spacial score (nSPS) is 11.4. The van der Waals surface area contributed by atoms with Gasteiger partial charge in [-0.1, -0.05) is 0 Å². The lowest BCUT2D eigenvalue weighted by atomic mass is 10.2. The Labute approximate surface area is 117 Å². The van der Waals surface area contributed by atoms with Gasteiger partial charge in [-0.05, 0) is 24.6 Å². The molecule has 6 nitrogen and oxygen atoms in total. The van der Waals surface area contributed by atoms with Crippen LogP contribution in [0, 0.1) is 12.7 Å². The third kappa shape index (κ3) is 3.91. The van der Waals surface area contributed by atoms with E-state index in [1.54, 1.807) is 14.1 Å². The van der Waals surface area contributed by atoms with Gasteiger partial charge in [0.05, 0.1) is 10.6 Å². The van der Waals surface area contributed by atoms with Crippen LogP contribution in [-0.4, -0.2) is 39.9 Å². The molecule has 0 aliphatic rings. The molecule has 0 radical (unpaired) electrons. The van der Waals surface area contributed by atoms with E-state index in [1.807, 2.05) is 0 Å². The molecule has 0 atom stereocenters. The number of carbonyl (C=O) groups is 1. The van der Waals surface area contributed by atoms with Gasteiger partial charge in [-0.2, -0.15) is 0 Å². The summed E-state index contributed by atoms with van der Waals surface area (Å²) in [5.74, 6) is -0.854. The molecule has 0 saturated heterocycles. The predicted molar refractivity (Wildman–Crippen MR) is 74.0 cm³/mol. The lowest BCUT2D eigenvalue weighted by Crippen LogP contribution is -2.30.